The number of hydrogen-bond acceptors (Lipinski definition) is 6. The fourth-order valence-corrected chi connectivity index (χ4v) is 6.89. The van der Waals surface area contributed by atoms with E-state index in [9.17, 15) is 14.4 Å². The van der Waals surface area contributed by atoms with Gasteiger partial charge in [0.1, 0.15) is 13.2 Å². The fraction of sp³-hybridized carbons (Fsp3) is 0.554. The van der Waals surface area contributed by atoms with E-state index in [1.807, 2.05) is 12.2 Å². The summed E-state index contributed by atoms with van der Waals surface area (Å²) in [5.41, 5.74) is 0. The van der Waals surface area contributed by atoms with Crippen LogP contribution in [0.2, 0.25) is 0 Å². The molecule has 0 aliphatic rings. The predicted molar refractivity (Wildman–Crippen MR) is 306 cm³/mol. The maximum absolute atomic E-state index is 12.8. The molecule has 0 aromatic carbocycles. The molecule has 0 radical (unpaired) electrons. The Kier molecular flexibility index (Phi) is 53.6. The van der Waals surface area contributed by atoms with Crippen LogP contribution in [0.15, 0.2) is 158 Å². The van der Waals surface area contributed by atoms with Crippen LogP contribution in [0.3, 0.4) is 0 Å². The molecule has 0 saturated carbocycles. The molecule has 0 saturated heterocycles. The minimum Gasteiger partial charge on any atom is -0.462 e. The Hall–Kier alpha value is -4.97. The molecule has 0 unspecified atom stereocenters. The quantitative estimate of drug-likeness (QED) is 0.0262. The minimum atomic E-state index is -0.854. The van der Waals surface area contributed by atoms with Crippen LogP contribution >= 0.6 is 0 Å². The Morgan fingerprint density at radius 2 is 0.592 bits per heavy atom. The zero-order valence-corrected chi connectivity index (χ0v) is 45.2. The van der Waals surface area contributed by atoms with Crippen LogP contribution in [-0.2, 0) is 28.6 Å². The van der Waals surface area contributed by atoms with Crippen LogP contribution in [0.1, 0.15) is 213 Å². The maximum Gasteiger partial charge on any atom is 0.306 e. The molecular weight excluding hydrogens is 877 g/mol. The van der Waals surface area contributed by atoms with Crippen molar-refractivity contribution < 1.29 is 28.6 Å². The van der Waals surface area contributed by atoms with E-state index in [0.29, 0.717) is 19.3 Å². The number of esters is 3. The van der Waals surface area contributed by atoms with Crippen molar-refractivity contribution in [3.8, 4) is 0 Å². The van der Waals surface area contributed by atoms with E-state index in [-0.39, 0.29) is 38.0 Å². The second kappa shape index (κ2) is 57.6. The summed E-state index contributed by atoms with van der Waals surface area (Å²) in [6.07, 6.45) is 83.9. The van der Waals surface area contributed by atoms with Crippen LogP contribution in [0.4, 0.5) is 0 Å². The second-order valence-electron chi connectivity index (χ2n) is 17.7. The first kappa shape index (κ1) is 66.0. The summed E-state index contributed by atoms with van der Waals surface area (Å²) in [5, 5.41) is 0. The molecule has 0 aliphatic heterocycles. The lowest BCUT2D eigenvalue weighted by Crippen LogP contribution is -2.30. The van der Waals surface area contributed by atoms with E-state index < -0.39 is 12.1 Å². The molecule has 0 rings (SSSR count). The molecule has 0 spiro atoms. The molecule has 1 atom stereocenters. The molecule has 0 amide bonds. The van der Waals surface area contributed by atoms with Crippen molar-refractivity contribution in [2.75, 3.05) is 13.2 Å². The summed E-state index contributed by atoms with van der Waals surface area (Å²) in [7, 11) is 0. The zero-order valence-electron chi connectivity index (χ0n) is 45.2. The average molecular weight is 978 g/mol. The Balaban J connectivity index is 4.65. The van der Waals surface area contributed by atoms with Crippen LogP contribution in [-0.4, -0.2) is 37.2 Å². The molecule has 6 heteroatoms. The third kappa shape index (κ3) is 55.8. The van der Waals surface area contributed by atoms with Gasteiger partial charge in [-0.15, -0.1) is 0 Å². The summed E-state index contributed by atoms with van der Waals surface area (Å²) < 4.78 is 16.7. The van der Waals surface area contributed by atoms with Crippen molar-refractivity contribution >= 4 is 17.9 Å². The number of carbonyl (C=O) groups excluding carboxylic acids is 3. The fourth-order valence-electron chi connectivity index (χ4n) is 6.89. The number of ether oxygens (including phenoxy) is 3. The third-order valence-electron chi connectivity index (χ3n) is 11.0. The molecule has 0 N–H and O–H groups in total. The average Bonchev–Trinajstić information content (AvgIpc) is 3.37. The number of hydrogen-bond donors (Lipinski definition) is 0. The number of carbonyl (C=O) groups is 3. The van der Waals surface area contributed by atoms with Gasteiger partial charge in [0, 0.05) is 19.3 Å². The lowest BCUT2D eigenvalue weighted by Gasteiger charge is -2.18. The van der Waals surface area contributed by atoms with Gasteiger partial charge in [-0.25, -0.2) is 0 Å². The van der Waals surface area contributed by atoms with Gasteiger partial charge in [-0.05, 0) is 128 Å². The maximum atomic E-state index is 12.8. The minimum absolute atomic E-state index is 0.142. The number of rotatable bonds is 48. The van der Waals surface area contributed by atoms with E-state index in [4.69, 9.17) is 14.2 Å². The third-order valence-corrected chi connectivity index (χ3v) is 11.0. The molecular formula is C65H100O6. The largest absolute Gasteiger partial charge is 0.462 e. The van der Waals surface area contributed by atoms with Gasteiger partial charge in [-0.2, -0.15) is 0 Å². The summed E-state index contributed by atoms with van der Waals surface area (Å²) in [5.74, 6) is -1.11. The summed E-state index contributed by atoms with van der Waals surface area (Å²) in [4.78, 5) is 38.1. The van der Waals surface area contributed by atoms with Gasteiger partial charge in [0.15, 0.2) is 6.10 Å². The van der Waals surface area contributed by atoms with Crippen molar-refractivity contribution in [2.45, 2.75) is 219 Å². The van der Waals surface area contributed by atoms with Gasteiger partial charge in [-0.1, -0.05) is 224 Å². The molecule has 0 heterocycles. The molecule has 0 aromatic rings. The Morgan fingerprint density at radius 1 is 0.296 bits per heavy atom. The first-order chi connectivity index (χ1) is 35.0. The summed E-state index contributed by atoms with van der Waals surface area (Å²) in [6.45, 7) is 6.26. The topological polar surface area (TPSA) is 78.9 Å². The molecule has 0 fully saturated rings. The van der Waals surface area contributed by atoms with Gasteiger partial charge >= 0.3 is 17.9 Å². The van der Waals surface area contributed by atoms with Crippen molar-refractivity contribution in [1.82, 2.24) is 0 Å². The van der Waals surface area contributed by atoms with E-state index in [0.717, 1.165) is 116 Å². The van der Waals surface area contributed by atoms with Gasteiger partial charge in [0.25, 0.3) is 0 Å². The lowest BCUT2D eigenvalue weighted by atomic mass is 10.1. The van der Waals surface area contributed by atoms with Crippen LogP contribution in [0.25, 0.3) is 0 Å². The first-order valence-electron chi connectivity index (χ1n) is 28.0. The van der Waals surface area contributed by atoms with Gasteiger partial charge < -0.3 is 14.2 Å². The van der Waals surface area contributed by atoms with E-state index >= 15 is 0 Å². The lowest BCUT2D eigenvalue weighted by molar-refractivity contribution is -0.166. The van der Waals surface area contributed by atoms with Crippen molar-refractivity contribution in [3.05, 3.63) is 158 Å². The highest BCUT2D eigenvalue weighted by Crippen LogP contribution is 2.11. The highest BCUT2D eigenvalue weighted by Gasteiger charge is 2.19. The van der Waals surface area contributed by atoms with E-state index in [1.165, 1.54) is 44.9 Å². The Labute approximate surface area is 435 Å². The van der Waals surface area contributed by atoms with Gasteiger partial charge in [0.2, 0.25) is 0 Å². The Bertz CT molecular complexity index is 1640. The van der Waals surface area contributed by atoms with Crippen LogP contribution < -0.4 is 0 Å². The van der Waals surface area contributed by atoms with Crippen molar-refractivity contribution in [1.29, 1.82) is 0 Å². The van der Waals surface area contributed by atoms with Gasteiger partial charge in [0.05, 0.1) is 0 Å². The molecule has 0 aliphatic carbocycles. The smallest absolute Gasteiger partial charge is 0.306 e. The number of allylic oxidation sites excluding steroid dienone is 26. The monoisotopic (exact) mass is 977 g/mol. The summed E-state index contributed by atoms with van der Waals surface area (Å²) in [6, 6.07) is 0. The Morgan fingerprint density at radius 3 is 0.986 bits per heavy atom. The van der Waals surface area contributed by atoms with E-state index in [2.05, 4.69) is 167 Å². The standard InChI is InChI=1S/C65H100O6/c1-4-7-10-13-16-19-22-25-28-31-32-35-37-40-43-46-49-52-55-58-64(67)70-61-62(71-65(68)59-56-53-50-47-44-41-38-34-30-27-24-21-18-15-12-9-6-3)60-69-63(66)57-54-51-48-45-42-39-36-33-29-26-23-20-17-14-11-8-5-2/h7-8,10-11,16-17,19-20,25-30,32,35-36,38-41,43,47,49-50,52,62H,4-6,9,12-15,18,21-24,31,33-34,37,42,44-46,48,51,53-61H2,1-3H3/b10-7-,11-8-,19-16-,20-17-,28-25-,29-26-,30-27-,35-32-,39-36-,41-38-,43-40-,50-47-,52-49-/t62-/m0/s1. The molecule has 6 nitrogen and oxygen atoms in total. The van der Waals surface area contributed by atoms with Crippen molar-refractivity contribution in [3.63, 3.8) is 0 Å². The normalized spacial score (nSPS) is 13.3. The highest BCUT2D eigenvalue weighted by molar-refractivity contribution is 5.71. The summed E-state index contributed by atoms with van der Waals surface area (Å²) >= 11 is 0. The molecule has 396 valence electrons. The van der Waals surface area contributed by atoms with Crippen LogP contribution in [0, 0.1) is 0 Å². The van der Waals surface area contributed by atoms with E-state index in [1.54, 1.807) is 0 Å². The van der Waals surface area contributed by atoms with Crippen LogP contribution in [0.5, 0.6) is 0 Å². The molecule has 0 aromatic heterocycles. The predicted octanol–water partition coefficient (Wildman–Crippen LogP) is 19.0. The highest BCUT2D eigenvalue weighted by atomic mass is 16.6. The van der Waals surface area contributed by atoms with Gasteiger partial charge in [-0.3, -0.25) is 14.4 Å². The number of unbranched alkanes of at least 4 members (excludes halogenated alkanes) is 11. The zero-order chi connectivity index (χ0) is 51.4. The van der Waals surface area contributed by atoms with Crippen molar-refractivity contribution in [2.24, 2.45) is 0 Å². The second-order valence-corrected chi connectivity index (χ2v) is 17.7. The molecule has 0 bridgehead atoms. The first-order valence-corrected chi connectivity index (χ1v) is 28.0. The SMILES string of the molecule is CC/C=C\C/C=C\C/C=C\C/C=C\C/C=C\C/C=C\CCC(=O)OC[C@H](COC(=O)CCCCCC/C=C\C/C=C\C/C=C\C/C=C\CC)OC(=O)CCC/C=C\C/C=C\C/C=C\CCCCCCCC. The molecule has 71 heavy (non-hydrogen) atoms.